The molecule has 0 amide bonds. The van der Waals surface area contributed by atoms with Crippen LogP contribution in [0, 0.1) is 0 Å². The van der Waals surface area contributed by atoms with Crippen LogP contribution in [-0.2, 0) is 7.05 Å². The predicted molar refractivity (Wildman–Crippen MR) is 102 cm³/mol. The third kappa shape index (κ3) is 4.93. The first kappa shape index (κ1) is 18.2. The van der Waals surface area contributed by atoms with Gasteiger partial charge in [-0.1, -0.05) is 13.3 Å². The monoisotopic (exact) mass is 387 g/mol. The van der Waals surface area contributed by atoms with E-state index < -0.39 is 0 Å². The summed E-state index contributed by atoms with van der Waals surface area (Å²) in [6, 6.07) is 11.4. The smallest absolute Gasteiger partial charge is 0.159 e. The molecule has 1 aromatic heterocycles. The van der Waals surface area contributed by atoms with Crippen molar-refractivity contribution in [2.24, 2.45) is 12.0 Å². The molecule has 1 heterocycles. The Kier molecular flexibility index (Phi) is 6.55. The number of benzene rings is 1. The Labute approximate surface area is 151 Å². The summed E-state index contributed by atoms with van der Waals surface area (Å²) < 4.78 is 2.90. The van der Waals surface area contributed by atoms with Crippen LogP contribution in [0.4, 0.5) is 5.69 Å². The highest BCUT2D eigenvalue weighted by Gasteiger charge is 2.02. The Morgan fingerprint density at radius 2 is 2.00 bits per heavy atom. The van der Waals surface area contributed by atoms with Crippen molar-refractivity contribution in [1.29, 1.82) is 0 Å². The molecule has 24 heavy (non-hydrogen) atoms. The Morgan fingerprint density at radius 3 is 2.58 bits per heavy atom. The molecule has 0 unspecified atom stereocenters. The van der Waals surface area contributed by atoms with E-state index in [2.05, 4.69) is 34.2 Å². The number of allylic oxidation sites excluding steroid dienone is 1. The zero-order valence-corrected chi connectivity index (χ0v) is 15.8. The van der Waals surface area contributed by atoms with Gasteiger partial charge in [0.05, 0.1) is 4.47 Å². The number of ketones is 1. The third-order valence-corrected chi connectivity index (χ3v) is 4.14. The number of nitrogens with zero attached hydrogens (tertiary/aromatic N) is 2. The van der Waals surface area contributed by atoms with Crippen LogP contribution in [0.3, 0.4) is 0 Å². The Hall–Kier alpha value is -2.14. The largest absolute Gasteiger partial charge is 0.340 e. The standard InChI is InChI=1S/C19H22BrN3O/c1-4-5-8-18(22-19-17(20)7-6-13-23(19)3)21-16-11-9-15(10-12-16)14(2)24/h6-13,21H,4-5H2,1-3H3/b18-8+,22-19-. The highest BCUT2D eigenvalue weighted by molar-refractivity contribution is 9.10. The second-order valence-corrected chi connectivity index (χ2v) is 6.39. The number of carbonyl (C=O) groups excluding carboxylic acids is 1. The number of carbonyl (C=O) groups is 1. The summed E-state index contributed by atoms with van der Waals surface area (Å²) in [6.45, 7) is 3.70. The Morgan fingerprint density at radius 1 is 1.29 bits per heavy atom. The van der Waals surface area contributed by atoms with E-state index >= 15 is 0 Å². The Balaban J connectivity index is 2.34. The van der Waals surface area contributed by atoms with Crippen LogP contribution in [-0.4, -0.2) is 10.4 Å². The number of aromatic nitrogens is 1. The quantitative estimate of drug-likeness (QED) is 0.733. The predicted octanol–water partition coefficient (Wildman–Crippen LogP) is 4.64. The summed E-state index contributed by atoms with van der Waals surface area (Å²) in [5, 5.41) is 3.33. The van der Waals surface area contributed by atoms with E-state index in [1.54, 1.807) is 6.92 Å². The molecule has 2 aromatic rings. The molecule has 0 saturated carbocycles. The molecule has 5 heteroatoms. The molecule has 0 saturated heterocycles. The van der Waals surface area contributed by atoms with Gasteiger partial charge in [-0.2, -0.15) is 0 Å². The first-order valence-corrected chi connectivity index (χ1v) is 8.74. The van der Waals surface area contributed by atoms with E-state index in [0.29, 0.717) is 5.56 Å². The lowest BCUT2D eigenvalue weighted by atomic mass is 10.1. The summed E-state index contributed by atoms with van der Waals surface area (Å²) >= 11 is 3.55. The van der Waals surface area contributed by atoms with E-state index in [1.807, 2.05) is 54.2 Å². The summed E-state index contributed by atoms with van der Waals surface area (Å²) in [5.41, 5.74) is 2.45. The average molecular weight is 388 g/mol. The lowest BCUT2D eigenvalue weighted by Gasteiger charge is -2.09. The molecular formula is C19H22BrN3O. The first-order valence-electron chi connectivity index (χ1n) is 7.95. The second-order valence-electron chi connectivity index (χ2n) is 5.54. The zero-order chi connectivity index (χ0) is 17.5. The van der Waals surface area contributed by atoms with Gasteiger partial charge in [-0.3, -0.25) is 4.79 Å². The molecule has 0 aliphatic heterocycles. The van der Waals surface area contributed by atoms with Gasteiger partial charge < -0.3 is 9.88 Å². The molecule has 1 aromatic carbocycles. The van der Waals surface area contributed by atoms with Crippen molar-refractivity contribution in [2.45, 2.75) is 26.7 Å². The normalized spacial score (nSPS) is 12.3. The minimum atomic E-state index is 0.0632. The van der Waals surface area contributed by atoms with Crippen molar-refractivity contribution < 1.29 is 4.79 Å². The van der Waals surface area contributed by atoms with E-state index in [9.17, 15) is 4.79 Å². The average Bonchev–Trinajstić information content (AvgIpc) is 2.56. The lowest BCUT2D eigenvalue weighted by Crippen LogP contribution is -2.19. The zero-order valence-electron chi connectivity index (χ0n) is 14.2. The molecular weight excluding hydrogens is 366 g/mol. The maximum atomic E-state index is 11.4. The van der Waals surface area contributed by atoms with E-state index in [1.165, 1.54) is 0 Å². The second kappa shape index (κ2) is 8.64. The topological polar surface area (TPSA) is 46.4 Å². The van der Waals surface area contributed by atoms with Crippen molar-refractivity contribution in [3.05, 3.63) is 70.0 Å². The molecule has 0 atom stereocenters. The maximum absolute atomic E-state index is 11.4. The van der Waals surface area contributed by atoms with Crippen LogP contribution < -0.4 is 10.8 Å². The van der Waals surface area contributed by atoms with E-state index in [-0.39, 0.29) is 5.78 Å². The molecule has 0 radical (unpaired) electrons. The number of aryl methyl sites for hydroxylation is 1. The molecule has 1 N–H and O–H groups in total. The number of hydrogen-bond donors (Lipinski definition) is 1. The number of rotatable bonds is 6. The van der Waals surface area contributed by atoms with Gasteiger partial charge >= 0.3 is 0 Å². The SMILES string of the molecule is CCC/C=C(/N=c1/c(Br)cccn1C)Nc1ccc(C(C)=O)cc1. The molecule has 4 nitrogen and oxygen atoms in total. The van der Waals surface area contributed by atoms with Gasteiger partial charge in [0.15, 0.2) is 5.78 Å². The summed E-state index contributed by atoms with van der Waals surface area (Å²) in [5.74, 6) is 0.850. The van der Waals surface area contributed by atoms with Crippen molar-refractivity contribution in [2.75, 3.05) is 5.32 Å². The number of nitrogens with one attached hydrogen (secondary N) is 1. The van der Waals surface area contributed by atoms with Crippen molar-refractivity contribution in [3.63, 3.8) is 0 Å². The molecule has 0 fully saturated rings. The van der Waals surface area contributed by atoms with Gasteiger partial charge in [0.1, 0.15) is 11.3 Å². The minimum Gasteiger partial charge on any atom is -0.340 e. The molecule has 0 bridgehead atoms. The van der Waals surface area contributed by atoms with Crippen LogP contribution in [0.2, 0.25) is 0 Å². The summed E-state index contributed by atoms with van der Waals surface area (Å²) in [6.07, 6.45) is 6.03. The fraction of sp³-hybridized carbons (Fsp3) is 0.263. The van der Waals surface area contributed by atoms with Gasteiger partial charge in [-0.05, 0) is 71.7 Å². The van der Waals surface area contributed by atoms with E-state index in [4.69, 9.17) is 4.99 Å². The van der Waals surface area contributed by atoms with Crippen LogP contribution in [0.25, 0.3) is 0 Å². The van der Waals surface area contributed by atoms with Gasteiger partial charge in [0.2, 0.25) is 0 Å². The fourth-order valence-corrected chi connectivity index (χ4v) is 2.68. The van der Waals surface area contributed by atoms with Crippen LogP contribution in [0.15, 0.2) is 64.0 Å². The minimum absolute atomic E-state index is 0.0632. The number of halogens is 1. The highest BCUT2D eigenvalue weighted by Crippen LogP contribution is 2.14. The first-order chi connectivity index (χ1) is 11.5. The number of anilines is 1. The van der Waals surface area contributed by atoms with Gasteiger partial charge in [0, 0.05) is 24.5 Å². The van der Waals surface area contributed by atoms with Crippen molar-refractivity contribution in [3.8, 4) is 0 Å². The van der Waals surface area contributed by atoms with Crippen LogP contribution in [0.1, 0.15) is 37.0 Å². The van der Waals surface area contributed by atoms with Gasteiger partial charge in [-0.15, -0.1) is 0 Å². The van der Waals surface area contributed by atoms with Gasteiger partial charge in [-0.25, -0.2) is 4.99 Å². The molecule has 2 rings (SSSR count). The van der Waals surface area contributed by atoms with Gasteiger partial charge in [0.25, 0.3) is 0 Å². The third-order valence-electron chi connectivity index (χ3n) is 3.52. The molecule has 0 spiro atoms. The number of Topliss-reactive ketones (excluding diaryl/α,β-unsaturated/α-hetero) is 1. The molecule has 126 valence electrons. The summed E-state index contributed by atoms with van der Waals surface area (Å²) in [7, 11) is 1.96. The lowest BCUT2D eigenvalue weighted by molar-refractivity contribution is 0.101. The highest BCUT2D eigenvalue weighted by atomic mass is 79.9. The maximum Gasteiger partial charge on any atom is 0.159 e. The van der Waals surface area contributed by atoms with Crippen molar-refractivity contribution >= 4 is 27.4 Å². The number of unbranched alkanes of at least 4 members (excludes halogenated alkanes) is 1. The Bertz CT molecular complexity index is 781. The summed E-state index contributed by atoms with van der Waals surface area (Å²) in [4.78, 5) is 16.1. The van der Waals surface area contributed by atoms with Crippen LogP contribution >= 0.6 is 15.9 Å². The number of hydrogen-bond acceptors (Lipinski definition) is 3. The van der Waals surface area contributed by atoms with Crippen molar-refractivity contribution in [1.82, 2.24) is 4.57 Å². The van der Waals surface area contributed by atoms with E-state index in [0.717, 1.165) is 34.3 Å². The fourth-order valence-electron chi connectivity index (χ4n) is 2.16. The van der Waals surface area contributed by atoms with Crippen LogP contribution in [0.5, 0.6) is 0 Å². The molecule has 0 aliphatic carbocycles. The molecule has 0 aliphatic rings. The number of pyridine rings is 1.